The Balaban J connectivity index is 3.89. The lowest BCUT2D eigenvalue weighted by molar-refractivity contribution is -0.870. The lowest BCUT2D eigenvalue weighted by atomic mass is 10.0. The van der Waals surface area contributed by atoms with E-state index in [-0.39, 0.29) is 25.6 Å². The first-order valence-electron chi connectivity index (χ1n) is 40.1. The van der Waals surface area contributed by atoms with Crippen LogP contribution in [0.3, 0.4) is 0 Å². The smallest absolute Gasteiger partial charge is 0.462 e. The summed E-state index contributed by atoms with van der Waals surface area (Å²) in [5, 5.41) is 0. The minimum atomic E-state index is -4.39. The molecule has 0 amide bonds. The highest BCUT2D eigenvalue weighted by molar-refractivity contribution is 7.47. The van der Waals surface area contributed by atoms with Crippen LogP contribution in [0, 0.1) is 0 Å². The molecule has 1 N–H and O–H groups in total. The molecule has 0 aromatic heterocycles. The Morgan fingerprint density at radius 2 is 0.600 bits per heavy atom. The summed E-state index contributed by atoms with van der Waals surface area (Å²) in [6.07, 6.45) is 91.9. The van der Waals surface area contributed by atoms with Crippen molar-refractivity contribution < 1.29 is 42.1 Å². The number of hydrogen-bond donors (Lipinski definition) is 1. The third-order valence-corrected chi connectivity index (χ3v) is 19.5. The standard InChI is InChI=1S/C80H156NO8P/c1-6-8-10-12-14-16-18-20-22-24-26-28-30-32-34-36-37-38-39-40-41-42-43-45-47-49-51-53-55-57-59-61-63-65-67-69-71-73-80(83)89-78(77-88-90(84,85)87-75-74-81(3,4)5)76-86-79(82)72-70-68-66-64-62-60-58-56-54-52-50-48-46-44-35-33-31-29-27-25-23-21-19-17-15-13-11-9-7-2/h18,20,24,26,78H,6-17,19,21-23,25,27-77H2,1-5H3/p+1/b20-18-,26-24-. The Labute approximate surface area is 561 Å². The zero-order valence-electron chi connectivity index (χ0n) is 61.2. The SMILES string of the molecule is CCCCCCC/C=C\C/C=C\CCCCCCCCCCCCCCCCCCCCCCCCCCCC(=O)OC(COC(=O)CCCCCCCCCCCCCCCCCCCCCCCCCCCCCCC)COP(=O)(O)OCC[N+](C)(C)C. The lowest BCUT2D eigenvalue weighted by Gasteiger charge is -2.24. The molecule has 10 heteroatoms. The Kier molecular flexibility index (Phi) is 70.6. The van der Waals surface area contributed by atoms with Gasteiger partial charge in [0.05, 0.1) is 27.7 Å². The van der Waals surface area contributed by atoms with Gasteiger partial charge in [0, 0.05) is 12.8 Å². The Hall–Kier alpha value is -1.51. The highest BCUT2D eigenvalue weighted by atomic mass is 31.2. The average molecular weight is 1290 g/mol. The fourth-order valence-electron chi connectivity index (χ4n) is 12.3. The zero-order chi connectivity index (χ0) is 65.5. The molecule has 0 bridgehead atoms. The molecule has 0 rings (SSSR count). The molecule has 0 saturated carbocycles. The third-order valence-electron chi connectivity index (χ3n) is 18.5. The predicted octanol–water partition coefficient (Wildman–Crippen LogP) is 26.4. The van der Waals surface area contributed by atoms with Crippen LogP contribution in [0.5, 0.6) is 0 Å². The van der Waals surface area contributed by atoms with Crippen molar-refractivity contribution in [3.63, 3.8) is 0 Å². The quantitative estimate of drug-likeness (QED) is 0.0211. The van der Waals surface area contributed by atoms with Crippen LogP contribution in [-0.2, 0) is 32.7 Å². The number of likely N-dealkylation sites (N-methyl/N-ethyl adjacent to an activating group) is 1. The van der Waals surface area contributed by atoms with Gasteiger partial charge in [0.25, 0.3) is 0 Å². The first-order chi connectivity index (χ1) is 44.0. The fourth-order valence-corrected chi connectivity index (χ4v) is 13.1. The van der Waals surface area contributed by atoms with Crippen LogP contribution in [0.2, 0.25) is 0 Å². The summed E-state index contributed by atoms with van der Waals surface area (Å²) < 4.78 is 34.8. The molecule has 0 aromatic rings. The van der Waals surface area contributed by atoms with Gasteiger partial charge in [-0.25, -0.2) is 4.57 Å². The zero-order valence-corrected chi connectivity index (χ0v) is 62.1. The van der Waals surface area contributed by atoms with E-state index in [1.54, 1.807) is 0 Å². The summed E-state index contributed by atoms with van der Waals surface area (Å²) in [5.74, 6) is -0.768. The number of ether oxygens (including phenoxy) is 2. The molecular weight excluding hydrogens is 1130 g/mol. The molecule has 0 aliphatic heterocycles. The van der Waals surface area contributed by atoms with Gasteiger partial charge in [-0.2, -0.15) is 0 Å². The largest absolute Gasteiger partial charge is 0.472 e. The van der Waals surface area contributed by atoms with Crippen LogP contribution >= 0.6 is 7.82 Å². The van der Waals surface area contributed by atoms with Crippen molar-refractivity contribution in [1.29, 1.82) is 0 Å². The molecule has 534 valence electrons. The van der Waals surface area contributed by atoms with Gasteiger partial charge in [-0.15, -0.1) is 0 Å². The Bertz CT molecular complexity index is 1560. The molecule has 0 radical (unpaired) electrons. The fraction of sp³-hybridized carbons (Fsp3) is 0.925. The number of unbranched alkanes of at least 4 members (excludes halogenated alkanes) is 58. The maximum absolute atomic E-state index is 12.9. The molecule has 90 heavy (non-hydrogen) atoms. The second-order valence-electron chi connectivity index (χ2n) is 28.8. The highest BCUT2D eigenvalue weighted by Crippen LogP contribution is 2.43. The van der Waals surface area contributed by atoms with Gasteiger partial charge < -0.3 is 18.9 Å². The molecule has 0 spiro atoms. The summed E-state index contributed by atoms with van der Waals surface area (Å²) in [5.41, 5.74) is 0. The normalized spacial score (nSPS) is 13.1. The van der Waals surface area contributed by atoms with Crippen molar-refractivity contribution in [2.45, 2.75) is 431 Å². The van der Waals surface area contributed by atoms with E-state index < -0.39 is 26.5 Å². The van der Waals surface area contributed by atoms with Gasteiger partial charge in [-0.1, -0.05) is 391 Å². The first-order valence-corrected chi connectivity index (χ1v) is 41.6. The van der Waals surface area contributed by atoms with E-state index in [9.17, 15) is 19.0 Å². The molecule has 0 aliphatic rings. The number of allylic oxidation sites excluding steroid dienone is 4. The number of carbonyl (C=O) groups is 2. The van der Waals surface area contributed by atoms with Crippen molar-refractivity contribution in [2.75, 3.05) is 47.5 Å². The number of carbonyl (C=O) groups excluding carboxylic acids is 2. The summed E-state index contributed by atoms with van der Waals surface area (Å²) in [6, 6.07) is 0. The number of phosphoric ester groups is 1. The number of phosphoric acid groups is 1. The molecule has 9 nitrogen and oxygen atoms in total. The number of hydrogen-bond acceptors (Lipinski definition) is 7. The molecule has 2 atom stereocenters. The average Bonchev–Trinajstić information content (AvgIpc) is 3.58. The summed E-state index contributed by atoms with van der Waals surface area (Å²) in [4.78, 5) is 36.0. The molecule has 0 saturated heterocycles. The van der Waals surface area contributed by atoms with E-state index >= 15 is 0 Å². The van der Waals surface area contributed by atoms with Gasteiger partial charge in [-0.05, 0) is 44.9 Å². The van der Waals surface area contributed by atoms with Crippen LogP contribution in [-0.4, -0.2) is 74.9 Å². The number of nitrogens with zero attached hydrogens (tertiary/aromatic N) is 1. The molecule has 0 heterocycles. The minimum absolute atomic E-state index is 0.0365. The maximum Gasteiger partial charge on any atom is 0.472 e. The van der Waals surface area contributed by atoms with Crippen molar-refractivity contribution in [2.24, 2.45) is 0 Å². The molecule has 0 fully saturated rings. The Morgan fingerprint density at radius 1 is 0.344 bits per heavy atom. The number of quaternary nitrogens is 1. The van der Waals surface area contributed by atoms with Crippen LogP contribution in [0.1, 0.15) is 425 Å². The van der Waals surface area contributed by atoms with Crippen LogP contribution in [0.15, 0.2) is 24.3 Å². The molecule has 0 aromatic carbocycles. The van der Waals surface area contributed by atoms with Crippen LogP contribution in [0.25, 0.3) is 0 Å². The van der Waals surface area contributed by atoms with E-state index in [1.807, 2.05) is 21.1 Å². The minimum Gasteiger partial charge on any atom is -0.462 e. The van der Waals surface area contributed by atoms with Crippen molar-refractivity contribution in [3.05, 3.63) is 24.3 Å². The second kappa shape index (κ2) is 71.8. The number of esters is 2. The van der Waals surface area contributed by atoms with E-state index in [0.29, 0.717) is 17.4 Å². The maximum atomic E-state index is 12.9. The van der Waals surface area contributed by atoms with Crippen molar-refractivity contribution in [1.82, 2.24) is 0 Å². The summed E-state index contributed by atoms with van der Waals surface area (Å²) in [7, 11) is 1.51. The van der Waals surface area contributed by atoms with E-state index in [2.05, 4.69) is 38.2 Å². The molecule has 2 unspecified atom stereocenters. The summed E-state index contributed by atoms with van der Waals surface area (Å²) in [6.45, 7) is 4.52. The monoisotopic (exact) mass is 1290 g/mol. The predicted molar refractivity (Wildman–Crippen MR) is 391 cm³/mol. The highest BCUT2D eigenvalue weighted by Gasteiger charge is 2.27. The summed E-state index contributed by atoms with van der Waals surface area (Å²) >= 11 is 0. The van der Waals surface area contributed by atoms with Gasteiger partial charge in [0.2, 0.25) is 0 Å². The van der Waals surface area contributed by atoms with Crippen molar-refractivity contribution in [3.8, 4) is 0 Å². The van der Waals surface area contributed by atoms with Crippen molar-refractivity contribution >= 4 is 19.8 Å². The van der Waals surface area contributed by atoms with Gasteiger partial charge in [-0.3, -0.25) is 18.6 Å². The lowest BCUT2D eigenvalue weighted by Crippen LogP contribution is -2.37. The Morgan fingerprint density at radius 3 is 0.878 bits per heavy atom. The van der Waals surface area contributed by atoms with Gasteiger partial charge in [0.1, 0.15) is 19.8 Å². The van der Waals surface area contributed by atoms with E-state index in [0.717, 1.165) is 44.9 Å². The third kappa shape index (κ3) is 75.5. The van der Waals surface area contributed by atoms with Crippen LogP contribution < -0.4 is 0 Å². The molecular formula is C80H157NO8P+. The molecule has 0 aliphatic carbocycles. The number of rotatable bonds is 76. The van der Waals surface area contributed by atoms with E-state index in [1.165, 1.54) is 353 Å². The van der Waals surface area contributed by atoms with Crippen LogP contribution in [0.4, 0.5) is 0 Å². The topological polar surface area (TPSA) is 108 Å². The van der Waals surface area contributed by atoms with Gasteiger partial charge in [0.15, 0.2) is 6.10 Å². The second-order valence-corrected chi connectivity index (χ2v) is 30.3. The first kappa shape index (κ1) is 88.5. The van der Waals surface area contributed by atoms with Gasteiger partial charge >= 0.3 is 19.8 Å². The van der Waals surface area contributed by atoms with E-state index in [4.69, 9.17) is 18.5 Å².